The molecule has 0 atom stereocenters. The fourth-order valence-electron chi connectivity index (χ4n) is 2.99. The number of nitrogens with zero attached hydrogens (tertiary/aromatic N) is 2. The number of carbonyl (C=O) groups excluding carboxylic acids is 1. The van der Waals surface area contributed by atoms with Gasteiger partial charge in [-0.3, -0.25) is 10.3 Å². The molecule has 1 aliphatic rings. The van der Waals surface area contributed by atoms with Gasteiger partial charge in [-0.2, -0.15) is 0 Å². The zero-order chi connectivity index (χ0) is 20.0. The molecule has 1 aromatic heterocycles. The van der Waals surface area contributed by atoms with E-state index in [2.05, 4.69) is 10.3 Å². The van der Waals surface area contributed by atoms with Crippen molar-refractivity contribution >= 4 is 11.8 Å². The second kappa shape index (κ2) is 9.45. The third kappa shape index (κ3) is 6.02. The van der Waals surface area contributed by atoms with Crippen molar-refractivity contribution in [2.75, 3.05) is 7.05 Å². The Balaban J connectivity index is 2.19. The third-order valence-electron chi connectivity index (χ3n) is 4.33. The zero-order valence-corrected chi connectivity index (χ0v) is 16.6. The first-order valence-corrected chi connectivity index (χ1v) is 9.38. The number of pyridine rings is 1. The number of hydrazine groups is 1. The van der Waals surface area contributed by atoms with Crippen molar-refractivity contribution in [3.8, 4) is 5.75 Å². The van der Waals surface area contributed by atoms with E-state index >= 15 is 0 Å². The Hall–Kier alpha value is -2.48. The van der Waals surface area contributed by atoms with Gasteiger partial charge in [0.25, 0.3) is 0 Å². The summed E-state index contributed by atoms with van der Waals surface area (Å²) in [5.74, 6) is 6.79. The van der Waals surface area contributed by atoms with Crippen LogP contribution in [0.3, 0.4) is 0 Å². The van der Waals surface area contributed by atoms with E-state index in [-0.39, 0.29) is 23.7 Å². The highest BCUT2D eigenvalue weighted by Crippen LogP contribution is 2.26. The molecule has 0 radical (unpaired) electrons. The van der Waals surface area contributed by atoms with Crippen LogP contribution in [-0.2, 0) is 4.74 Å². The van der Waals surface area contributed by atoms with Crippen LogP contribution in [0.5, 0.6) is 5.75 Å². The predicted octanol–water partition coefficient (Wildman–Crippen LogP) is 2.63. The van der Waals surface area contributed by atoms with Crippen LogP contribution in [0.15, 0.2) is 18.0 Å². The minimum absolute atomic E-state index is 0.216. The van der Waals surface area contributed by atoms with Gasteiger partial charge in [-0.25, -0.2) is 15.6 Å². The maximum Gasteiger partial charge on any atom is 0.413 e. The number of aromatic nitrogens is 1. The molecule has 0 bridgehead atoms. The average Bonchev–Trinajstić information content (AvgIpc) is 2.61. The Labute approximate surface area is 160 Å². The number of carbonyl (C=O) groups is 1. The number of nitrogens with two attached hydrogens (primary N) is 2. The van der Waals surface area contributed by atoms with E-state index in [0.717, 1.165) is 24.3 Å². The first kappa shape index (κ1) is 20.8. The van der Waals surface area contributed by atoms with Gasteiger partial charge >= 0.3 is 6.09 Å². The fourth-order valence-corrected chi connectivity index (χ4v) is 2.99. The smallest absolute Gasteiger partial charge is 0.413 e. The summed E-state index contributed by atoms with van der Waals surface area (Å²) < 4.78 is 11.2. The molecule has 1 fully saturated rings. The highest BCUT2D eigenvalue weighted by molar-refractivity contribution is 5.74. The monoisotopic (exact) mass is 377 g/mol. The molecular weight excluding hydrogens is 346 g/mol. The lowest BCUT2D eigenvalue weighted by Crippen LogP contribution is -2.39. The van der Waals surface area contributed by atoms with Crippen LogP contribution < -0.4 is 21.6 Å². The summed E-state index contributed by atoms with van der Waals surface area (Å²) in [5, 5.41) is 3.79. The van der Waals surface area contributed by atoms with Gasteiger partial charge in [0, 0.05) is 7.05 Å². The van der Waals surface area contributed by atoms with Crippen molar-refractivity contribution in [2.45, 2.75) is 65.1 Å². The zero-order valence-electron chi connectivity index (χ0n) is 16.6. The van der Waals surface area contributed by atoms with Crippen LogP contribution in [0, 0.1) is 6.92 Å². The molecule has 5 N–H and O–H groups in total. The standard InChI is InChI=1S/C19H31N5O3/c1-12(2)26-19(25)23-18(24(4)21)17(20)15-10-11-16(13(3)22-15)27-14-8-6-5-7-9-14/h10-12,14H,5-9,20-21H2,1-4H3,(H,23,25)/b18-17-. The first-order valence-electron chi connectivity index (χ1n) is 9.38. The van der Waals surface area contributed by atoms with Gasteiger partial charge in [0.05, 0.1) is 23.6 Å². The van der Waals surface area contributed by atoms with Gasteiger partial charge in [0.2, 0.25) is 0 Å². The molecule has 8 nitrogen and oxygen atoms in total. The number of nitrogens with one attached hydrogen (secondary N) is 1. The van der Waals surface area contributed by atoms with Crippen LogP contribution in [0.1, 0.15) is 57.3 Å². The maximum absolute atomic E-state index is 11.9. The van der Waals surface area contributed by atoms with Crippen molar-refractivity contribution in [1.29, 1.82) is 0 Å². The van der Waals surface area contributed by atoms with Crippen molar-refractivity contribution < 1.29 is 14.3 Å². The van der Waals surface area contributed by atoms with Gasteiger partial charge in [-0.1, -0.05) is 6.42 Å². The van der Waals surface area contributed by atoms with E-state index in [9.17, 15) is 4.79 Å². The highest BCUT2D eigenvalue weighted by atomic mass is 16.6. The summed E-state index contributed by atoms with van der Waals surface area (Å²) in [4.78, 5) is 16.4. The SMILES string of the molecule is Cc1nc(/C(N)=C(\NC(=O)OC(C)C)N(C)N)ccc1OC1CCCCC1. The van der Waals surface area contributed by atoms with E-state index in [1.165, 1.54) is 24.3 Å². The van der Waals surface area contributed by atoms with Crippen LogP contribution in [-0.4, -0.2) is 35.3 Å². The number of amides is 1. The molecular formula is C19H31N5O3. The molecule has 8 heteroatoms. The lowest BCUT2D eigenvalue weighted by molar-refractivity contribution is 0.115. The summed E-state index contributed by atoms with van der Waals surface area (Å²) in [5.41, 5.74) is 7.69. The number of aryl methyl sites for hydroxylation is 1. The normalized spacial score (nSPS) is 15.9. The Morgan fingerprint density at radius 1 is 1.30 bits per heavy atom. The van der Waals surface area contributed by atoms with Crippen molar-refractivity contribution in [3.05, 3.63) is 29.3 Å². The second-order valence-corrected chi connectivity index (χ2v) is 7.11. The highest BCUT2D eigenvalue weighted by Gasteiger charge is 2.18. The number of rotatable bonds is 6. The lowest BCUT2D eigenvalue weighted by atomic mass is 9.98. The van der Waals surface area contributed by atoms with Gasteiger partial charge in [0.15, 0.2) is 5.82 Å². The summed E-state index contributed by atoms with van der Waals surface area (Å²) in [6, 6.07) is 3.62. The van der Waals surface area contributed by atoms with Gasteiger partial charge < -0.3 is 15.2 Å². The van der Waals surface area contributed by atoms with Crippen LogP contribution in [0.4, 0.5) is 4.79 Å². The van der Waals surface area contributed by atoms with E-state index in [0.29, 0.717) is 5.69 Å². The molecule has 1 heterocycles. The maximum atomic E-state index is 11.9. The summed E-state index contributed by atoms with van der Waals surface area (Å²) in [7, 11) is 1.57. The summed E-state index contributed by atoms with van der Waals surface area (Å²) >= 11 is 0. The minimum Gasteiger partial charge on any atom is -0.489 e. The molecule has 150 valence electrons. The molecule has 27 heavy (non-hydrogen) atoms. The first-order chi connectivity index (χ1) is 12.8. The van der Waals surface area contributed by atoms with E-state index in [1.807, 2.05) is 13.0 Å². The van der Waals surface area contributed by atoms with Gasteiger partial charge in [-0.05, 0) is 58.6 Å². The van der Waals surface area contributed by atoms with E-state index < -0.39 is 6.09 Å². The largest absolute Gasteiger partial charge is 0.489 e. The van der Waals surface area contributed by atoms with E-state index in [1.54, 1.807) is 27.0 Å². The molecule has 0 saturated heterocycles. The Bertz CT molecular complexity index is 682. The quantitative estimate of drug-likeness (QED) is 0.515. The van der Waals surface area contributed by atoms with Crippen molar-refractivity contribution in [2.24, 2.45) is 11.6 Å². The van der Waals surface area contributed by atoms with Gasteiger partial charge in [0.1, 0.15) is 11.4 Å². The molecule has 1 aromatic rings. The van der Waals surface area contributed by atoms with Crippen molar-refractivity contribution in [3.63, 3.8) is 0 Å². The number of ether oxygens (including phenoxy) is 2. The van der Waals surface area contributed by atoms with Gasteiger partial charge in [-0.15, -0.1) is 0 Å². The molecule has 2 rings (SSSR count). The molecule has 1 aliphatic carbocycles. The number of hydrogen-bond donors (Lipinski definition) is 3. The summed E-state index contributed by atoms with van der Waals surface area (Å²) in [6.07, 6.45) is 5.20. The third-order valence-corrected chi connectivity index (χ3v) is 4.33. The average molecular weight is 377 g/mol. The van der Waals surface area contributed by atoms with E-state index in [4.69, 9.17) is 21.1 Å². The fraction of sp³-hybridized carbons (Fsp3) is 0.579. The Kier molecular flexibility index (Phi) is 7.29. The molecule has 0 unspecified atom stereocenters. The lowest BCUT2D eigenvalue weighted by Gasteiger charge is -2.24. The molecule has 1 saturated carbocycles. The van der Waals surface area contributed by atoms with Crippen LogP contribution in [0.25, 0.3) is 5.70 Å². The molecule has 0 spiro atoms. The topological polar surface area (TPSA) is 116 Å². The number of hydrogen-bond acceptors (Lipinski definition) is 7. The minimum atomic E-state index is -0.630. The Morgan fingerprint density at radius 2 is 1.96 bits per heavy atom. The molecule has 1 amide bonds. The molecule has 0 aromatic carbocycles. The predicted molar refractivity (Wildman–Crippen MR) is 104 cm³/mol. The molecule has 0 aliphatic heterocycles. The summed E-state index contributed by atoms with van der Waals surface area (Å²) in [6.45, 7) is 5.39. The van der Waals surface area contributed by atoms with Crippen LogP contribution >= 0.6 is 0 Å². The number of alkyl carbamates (subject to hydrolysis) is 1. The van der Waals surface area contributed by atoms with Crippen LogP contribution in [0.2, 0.25) is 0 Å². The second-order valence-electron chi connectivity index (χ2n) is 7.11. The van der Waals surface area contributed by atoms with Crippen molar-refractivity contribution in [1.82, 2.24) is 15.3 Å². The Morgan fingerprint density at radius 3 is 2.52 bits per heavy atom.